The van der Waals surface area contributed by atoms with Crippen LogP contribution in [0.2, 0.25) is 0 Å². The molecule has 1 heterocycles. The van der Waals surface area contributed by atoms with Crippen molar-refractivity contribution < 1.29 is 13.0 Å². The van der Waals surface area contributed by atoms with E-state index in [4.69, 9.17) is 0 Å². The standard InChI is InChI=1S/C17H13F2NOS2/c18-14-7-5-12(6-8-14)17-20-15(9-22-17)11-23(21)10-13-3-1-2-4-16(13)19/h1-9H,10-11H2. The Morgan fingerprint density at radius 1 is 1.00 bits per heavy atom. The number of aromatic nitrogens is 1. The highest BCUT2D eigenvalue weighted by Gasteiger charge is 2.11. The predicted octanol–water partition coefficient (Wildman–Crippen LogP) is 4.54. The molecule has 0 spiro atoms. The first kappa shape index (κ1) is 16.0. The van der Waals surface area contributed by atoms with Crippen LogP contribution in [0.15, 0.2) is 53.9 Å². The summed E-state index contributed by atoms with van der Waals surface area (Å²) in [5.41, 5.74) is 1.96. The molecule has 6 heteroatoms. The molecule has 2 nitrogen and oxygen atoms in total. The van der Waals surface area contributed by atoms with E-state index in [0.29, 0.717) is 11.3 Å². The van der Waals surface area contributed by atoms with Crippen molar-refractivity contribution in [2.45, 2.75) is 11.5 Å². The summed E-state index contributed by atoms with van der Waals surface area (Å²) in [5.74, 6) is -0.204. The molecule has 0 bridgehead atoms. The molecular weight excluding hydrogens is 336 g/mol. The van der Waals surface area contributed by atoms with Crippen LogP contribution in [-0.4, -0.2) is 9.19 Å². The lowest BCUT2D eigenvalue weighted by atomic mass is 10.2. The Kier molecular flexibility index (Phi) is 4.93. The van der Waals surface area contributed by atoms with Crippen molar-refractivity contribution in [1.29, 1.82) is 0 Å². The molecule has 0 aliphatic heterocycles. The monoisotopic (exact) mass is 349 g/mol. The van der Waals surface area contributed by atoms with Gasteiger partial charge in [0, 0.05) is 27.3 Å². The molecule has 1 unspecified atom stereocenters. The molecule has 0 aliphatic rings. The number of benzene rings is 2. The fourth-order valence-corrected chi connectivity index (χ4v) is 4.20. The number of hydrogen-bond acceptors (Lipinski definition) is 3. The van der Waals surface area contributed by atoms with Crippen LogP contribution in [0.5, 0.6) is 0 Å². The van der Waals surface area contributed by atoms with Crippen molar-refractivity contribution in [3.8, 4) is 10.6 Å². The molecule has 0 saturated heterocycles. The summed E-state index contributed by atoms with van der Waals surface area (Å²) in [5, 5.41) is 2.58. The second kappa shape index (κ2) is 7.10. The summed E-state index contributed by atoms with van der Waals surface area (Å²) >= 11 is 1.42. The smallest absolute Gasteiger partial charge is 0.127 e. The van der Waals surface area contributed by atoms with Gasteiger partial charge in [0.2, 0.25) is 0 Å². The zero-order valence-corrected chi connectivity index (χ0v) is 13.7. The lowest BCUT2D eigenvalue weighted by Crippen LogP contribution is -2.01. The van der Waals surface area contributed by atoms with Crippen LogP contribution in [-0.2, 0) is 22.3 Å². The molecule has 3 rings (SSSR count). The Labute approximate surface area is 139 Å². The third-order valence-corrected chi connectivity index (χ3v) is 5.42. The number of nitrogens with zero attached hydrogens (tertiary/aromatic N) is 1. The number of hydrogen-bond donors (Lipinski definition) is 0. The normalized spacial score (nSPS) is 12.3. The van der Waals surface area contributed by atoms with Crippen molar-refractivity contribution in [3.63, 3.8) is 0 Å². The van der Waals surface area contributed by atoms with Crippen molar-refractivity contribution in [2.24, 2.45) is 0 Å². The first-order chi connectivity index (χ1) is 11.1. The van der Waals surface area contributed by atoms with E-state index in [0.717, 1.165) is 10.6 Å². The van der Waals surface area contributed by atoms with Crippen molar-refractivity contribution >= 4 is 22.1 Å². The number of thiazole rings is 1. The predicted molar refractivity (Wildman–Crippen MR) is 89.5 cm³/mol. The van der Waals surface area contributed by atoms with Gasteiger partial charge in [0.15, 0.2) is 0 Å². The van der Waals surface area contributed by atoms with E-state index in [2.05, 4.69) is 4.98 Å². The molecule has 1 atom stereocenters. The zero-order valence-electron chi connectivity index (χ0n) is 12.0. The van der Waals surface area contributed by atoms with Crippen molar-refractivity contribution in [3.05, 3.63) is 76.8 Å². The topological polar surface area (TPSA) is 30.0 Å². The summed E-state index contributed by atoms with van der Waals surface area (Å²) in [4.78, 5) is 4.42. The van der Waals surface area contributed by atoms with Crippen molar-refractivity contribution in [2.75, 3.05) is 0 Å². The summed E-state index contributed by atoms with van der Waals surface area (Å²) in [6, 6.07) is 12.4. The van der Waals surface area contributed by atoms with Crippen LogP contribution in [0, 0.1) is 11.6 Å². The highest BCUT2D eigenvalue weighted by atomic mass is 32.2. The Bertz CT molecular complexity index is 831. The first-order valence-electron chi connectivity index (χ1n) is 6.90. The Balaban J connectivity index is 1.68. The van der Waals surface area contributed by atoms with E-state index in [1.165, 1.54) is 29.5 Å². The van der Waals surface area contributed by atoms with E-state index < -0.39 is 10.8 Å². The van der Waals surface area contributed by atoms with E-state index in [9.17, 15) is 13.0 Å². The van der Waals surface area contributed by atoms with E-state index >= 15 is 0 Å². The molecule has 0 fully saturated rings. The van der Waals surface area contributed by atoms with Crippen LogP contribution in [0.3, 0.4) is 0 Å². The molecule has 118 valence electrons. The van der Waals surface area contributed by atoms with Gasteiger partial charge < -0.3 is 0 Å². The minimum Gasteiger partial charge on any atom is -0.259 e. The highest BCUT2D eigenvalue weighted by molar-refractivity contribution is 7.83. The molecular formula is C17H13F2NOS2. The van der Waals surface area contributed by atoms with Gasteiger partial charge in [0.05, 0.1) is 17.2 Å². The first-order valence-corrected chi connectivity index (χ1v) is 9.27. The van der Waals surface area contributed by atoms with Gasteiger partial charge in [0.1, 0.15) is 16.6 Å². The fraction of sp³-hybridized carbons (Fsp3) is 0.118. The van der Waals surface area contributed by atoms with Crippen LogP contribution < -0.4 is 0 Å². The fourth-order valence-electron chi connectivity index (χ4n) is 2.10. The van der Waals surface area contributed by atoms with Gasteiger partial charge in [-0.05, 0) is 30.3 Å². The van der Waals surface area contributed by atoms with Gasteiger partial charge in [0.25, 0.3) is 0 Å². The minimum absolute atomic E-state index is 0.163. The van der Waals surface area contributed by atoms with Crippen LogP contribution in [0.25, 0.3) is 10.6 Å². The SMILES string of the molecule is O=S(Cc1csc(-c2ccc(F)cc2)n1)Cc1ccccc1F. The van der Waals surface area contributed by atoms with Gasteiger partial charge >= 0.3 is 0 Å². The molecule has 2 aromatic carbocycles. The molecule has 3 aromatic rings. The van der Waals surface area contributed by atoms with Gasteiger partial charge in [-0.25, -0.2) is 13.8 Å². The average Bonchev–Trinajstić information content (AvgIpc) is 2.98. The van der Waals surface area contributed by atoms with E-state index in [-0.39, 0.29) is 23.1 Å². The molecule has 0 radical (unpaired) electrons. The van der Waals surface area contributed by atoms with Crippen molar-refractivity contribution in [1.82, 2.24) is 4.98 Å². The van der Waals surface area contributed by atoms with Gasteiger partial charge in [-0.2, -0.15) is 0 Å². The molecule has 0 aliphatic carbocycles. The molecule has 0 saturated carbocycles. The largest absolute Gasteiger partial charge is 0.259 e. The van der Waals surface area contributed by atoms with Gasteiger partial charge in [-0.15, -0.1) is 11.3 Å². The van der Waals surface area contributed by atoms with Crippen LogP contribution in [0.1, 0.15) is 11.3 Å². The summed E-state index contributed by atoms with van der Waals surface area (Å²) in [7, 11) is -1.23. The summed E-state index contributed by atoms with van der Waals surface area (Å²) in [6.07, 6.45) is 0. The van der Waals surface area contributed by atoms with E-state index in [1.54, 1.807) is 30.3 Å². The van der Waals surface area contributed by atoms with Crippen LogP contribution >= 0.6 is 11.3 Å². The second-order valence-electron chi connectivity index (χ2n) is 4.97. The summed E-state index contributed by atoms with van der Waals surface area (Å²) < 4.78 is 38.7. The maximum Gasteiger partial charge on any atom is 0.127 e. The Hall–Kier alpha value is -1.92. The number of halogens is 2. The van der Waals surface area contributed by atoms with E-state index in [1.807, 2.05) is 5.38 Å². The second-order valence-corrected chi connectivity index (χ2v) is 7.29. The molecule has 1 aromatic heterocycles. The highest BCUT2D eigenvalue weighted by Crippen LogP contribution is 2.24. The van der Waals surface area contributed by atoms with Gasteiger partial charge in [-0.1, -0.05) is 18.2 Å². The quantitative estimate of drug-likeness (QED) is 0.677. The number of rotatable bonds is 5. The summed E-state index contributed by atoms with van der Waals surface area (Å²) in [6.45, 7) is 0. The lowest BCUT2D eigenvalue weighted by molar-refractivity contribution is 0.615. The van der Waals surface area contributed by atoms with Gasteiger partial charge in [-0.3, -0.25) is 4.21 Å². The van der Waals surface area contributed by atoms with Crippen LogP contribution in [0.4, 0.5) is 8.78 Å². The Morgan fingerprint density at radius 2 is 1.74 bits per heavy atom. The zero-order chi connectivity index (χ0) is 16.2. The maximum absolute atomic E-state index is 13.6. The average molecular weight is 349 g/mol. The molecule has 0 N–H and O–H groups in total. The lowest BCUT2D eigenvalue weighted by Gasteiger charge is -2.02. The maximum atomic E-state index is 13.6. The molecule has 23 heavy (non-hydrogen) atoms. The minimum atomic E-state index is -1.23. The Morgan fingerprint density at radius 3 is 2.48 bits per heavy atom. The third-order valence-electron chi connectivity index (χ3n) is 3.23. The third kappa shape index (κ3) is 4.09. The molecule has 0 amide bonds.